The highest BCUT2D eigenvalue weighted by Crippen LogP contribution is 2.08. The van der Waals surface area contributed by atoms with Crippen molar-refractivity contribution < 1.29 is 24.0 Å². The topological polar surface area (TPSA) is 113 Å². The zero-order chi connectivity index (χ0) is 23.3. The van der Waals surface area contributed by atoms with Gasteiger partial charge in [0.15, 0.2) is 5.78 Å². The minimum atomic E-state index is -0.596. The van der Waals surface area contributed by atoms with E-state index in [1.54, 1.807) is 20.8 Å². The van der Waals surface area contributed by atoms with Crippen LogP contribution in [0.4, 0.5) is 0 Å². The Kier molecular flexibility index (Phi) is 14.0. The van der Waals surface area contributed by atoms with Gasteiger partial charge in [-0.15, -0.1) is 0 Å². The first-order valence-corrected chi connectivity index (χ1v) is 11.5. The molecule has 0 unspecified atom stereocenters. The van der Waals surface area contributed by atoms with E-state index in [2.05, 4.69) is 10.6 Å². The molecule has 172 valence electrons. The number of ketones is 2. The van der Waals surface area contributed by atoms with Gasteiger partial charge < -0.3 is 15.5 Å². The first kappa shape index (κ1) is 28.1. The number of amides is 3. The molecule has 0 radical (unpaired) electrons. The summed E-state index contributed by atoms with van der Waals surface area (Å²) in [4.78, 5) is 60.5. The Labute approximate surface area is 184 Å². The molecule has 8 nitrogen and oxygen atoms in total. The van der Waals surface area contributed by atoms with E-state index in [-0.39, 0.29) is 60.5 Å². The molecule has 9 heteroatoms. The van der Waals surface area contributed by atoms with Gasteiger partial charge in [0.2, 0.25) is 17.7 Å². The summed E-state index contributed by atoms with van der Waals surface area (Å²) in [5, 5.41) is 5.27. The number of rotatable bonds is 15. The molecule has 0 bridgehead atoms. The number of carbonyl (C=O) groups is 5. The average Bonchev–Trinajstić information content (AvgIpc) is 2.66. The fourth-order valence-corrected chi connectivity index (χ4v) is 3.29. The lowest BCUT2D eigenvalue weighted by Gasteiger charge is -2.19. The number of Topliss-reactive ketones (excluding diaryl/α,β-unsaturated/α-hetero) is 2. The quantitative estimate of drug-likeness (QED) is 0.370. The van der Waals surface area contributed by atoms with E-state index in [9.17, 15) is 24.0 Å². The van der Waals surface area contributed by atoms with Crippen LogP contribution in [0, 0.1) is 11.8 Å². The predicted molar refractivity (Wildman–Crippen MR) is 119 cm³/mol. The minimum Gasteiger partial charge on any atom is -0.355 e. The van der Waals surface area contributed by atoms with Gasteiger partial charge in [-0.3, -0.25) is 24.0 Å². The van der Waals surface area contributed by atoms with Crippen LogP contribution in [-0.2, 0) is 24.0 Å². The molecule has 0 aliphatic rings. The molecular formula is C21H37N3O5S. The minimum absolute atomic E-state index is 0.0472. The van der Waals surface area contributed by atoms with Crippen molar-refractivity contribution in [3.63, 3.8) is 0 Å². The van der Waals surface area contributed by atoms with Gasteiger partial charge >= 0.3 is 0 Å². The molecule has 0 saturated heterocycles. The number of hydrogen-bond acceptors (Lipinski definition) is 6. The molecule has 0 aliphatic carbocycles. The predicted octanol–water partition coefficient (Wildman–Crippen LogP) is 1.42. The summed E-state index contributed by atoms with van der Waals surface area (Å²) >= 11 is 1.46. The molecular weight excluding hydrogens is 406 g/mol. The van der Waals surface area contributed by atoms with Crippen LogP contribution in [-0.4, -0.2) is 71.9 Å². The molecule has 0 saturated carbocycles. The Morgan fingerprint density at radius 3 is 2.10 bits per heavy atom. The number of hydrogen-bond donors (Lipinski definition) is 2. The summed E-state index contributed by atoms with van der Waals surface area (Å²) in [5.74, 6) is 0.225. The zero-order valence-electron chi connectivity index (χ0n) is 19.1. The van der Waals surface area contributed by atoms with Gasteiger partial charge in [0.25, 0.3) is 0 Å². The van der Waals surface area contributed by atoms with E-state index >= 15 is 0 Å². The smallest absolute Gasteiger partial charge is 0.240 e. The van der Waals surface area contributed by atoms with Crippen molar-refractivity contribution >= 4 is 41.0 Å². The SMILES string of the molecule is CC(C)C(=O)CCCSCC(=O)NCCC(=O)N(C)CC(=O)N[C@@H](C)C(=O)C(C)C. The maximum atomic E-state index is 12.1. The summed E-state index contributed by atoms with van der Waals surface area (Å²) < 4.78 is 0. The molecule has 0 fully saturated rings. The highest BCUT2D eigenvalue weighted by molar-refractivity contribution is 7.99. The highest BCUT2D eigenvalue weighted by Gasteiger charge is 2.20. The summed E-state index contributed by atoms with van der Waals surface area (Å²) in [6, 6.07) is -0.596. The maximum absolute atomic E-state index is 12.1. The second kappa shape index (κ2) is 15.0. The second-order valence-electron chi connectivity index (χ2n) is 7.97. The summed E-state index contributed by atoms with van der Waals surface area (Å²) in [6.07, 6.45) is 1.37. The van der Waals surface area contributed by atoms with E-state index in [0.29, 0.717) is 6.42 Å². The van der Waals surface area contributed by atoms with Crippen molar-refractivity contribution in [3.05, 3.63) is 0 Å². The summed E-state index contributed by atoms with van der Waals surface area (Å²) in [6.45, 7) is 8.96. The van der Waals surface area contributed by atoms with Crippen LogP contribution < -0.4 is 10.6 Å². The first-order chi connectivity index (χ1) is 14.0. The number of nitrogens with zero attached hydrogens (tertiary/aromatic N) is 1. The zero-order valence-corrected chi connectivity index (χ0v) is 19.9. The number of carbonyl (C=O) groups excluding carboxylic acids is 5. The Morgan fingerprint density at radius 2 is 1.53 bits per heavy atom. The van der Waals surface area contributed by atoms with Gasteiger partial charge in [0.1, 0.15) is 5.78 Å². The molecule has 0 aromatic rings. The molecule has 1 atom stereocenters. The van der Waals surface area contributed by atoms with E-state index in [0.717, 1.165) is 12.2 Å². The Bertz CT molecular complexity index is 607. The lowest BCUT2D eigenvalue weighted by molar-refractivity contribution is -0.135. The average molecular weight is 444 g/mol. The van der Waals surface area contributed by atoms with Crippen LogP contribution >= 0.6 is 11.8 Å². The van der Waals surface area contributed by atoms with E-state index in [1.165, 1.54) is 23.7 Å². The van der Waals surface area contributed by atoms with Crippen molar-refractivity contribution in [3.8, 4) is 0 Å². The van der Waals surface area contributed by atoms with Crippen LogP contribution in [0.3, 0.4) is 0 Å². The lowest BCUT2D eigenvalue weighted by Crippen LogP contribution is -2.46. The molecule has 0 spiro atoms. The van der Waals surface area contributed by atoms with Crippen LogP contribution in [0.25, 0.3) is 0 Å². The fraction of sp³-hybridized carbons (Fsp3) is 0.762. The monoisotopic (exact) mass is 443 g/mol. The molecule has 30 heavy (non-hydrogen) atoms. The third-order valence-corrected chi connectivity index (χ3v) is 5.47. The Hall–Kier alpha value is -1.90. The van der Waals surface area contributed by atoms with E-state index in [4.69, 9.17) is 0 Å². The van der Waals surface area contributed by atoms with Gasteiger partial charge in [0, 0.05) is 38.3 Å². The Morgan fingerprint density at radius 1 is 0.900 bits per heavy atom. The first-order valence-electron chi connectivity index (χ1n) is 10.4. The third kappa shape index (κ3) is 12.6. The van der Waals surface area contributed by atoms with Crippen LogP contribution in [0.1, 0.15) is 53.9 Å². The van der Waals surface area contributed by atoms with Crippen molar-refractivity contribution in [2.24, 2.45) is 11.8 Å². The molecule has 2 N–H and O–H groups in total. The van der Waals surface area contributed by atoms with Crippen LogP contribution in [0.5, 0.6) is 0 Å². The van der Waals surface area contributed by atoms with E-state index < -0.39 is 11.9 Å². The normalized spacial score (nSPS) is 11.9. The van der Waals surface area contributed by atoms with Crippen molar-refractivity contribution in [1.82, 2.24) is 15.5 Å². The van der Waals surface area contributed by atoms with Gasteiger partial charge in [-0.05, 0) is 19.1 Å². The van der Waals surface area contributed by atoms with Gasteiger partial charge in [-0.1, -0.05) is 27.7 Å². The fourth-order valence-electron chi connectivity index (χ4n) is 2.51. The third-order valence-electron chi connectivity index (χ3n) is 4.43. The number of nitrogens with one attached hydrogen (secondary N) is 2. The summed E-state index contributed by atoms with van der Waals surface area (Å²) in [5.41, 5.74) is 0. The van der Waals surface area contributed by atoms with Gasteiger partial charge in [-0.25, -0.2) is 0 Å². The van der Waals surface area contributed by atoms with Crippen molar-refractivity contribution in [1.29, 1.82) is 0 Å². The highest BCUT2D eigenvalue weighted by atomic mass is 32.2. The Balaban J connectivity index is 3.98. The molecule has 0 heterocycles. The van der Waals surface area contributed by atoms with Crippen LogP contribution in [0.15, 0.2) is 0 Å². The molecule has 0 aromatic carbocycles. The lowest BCUT2D eigenvalue weighted by atomic mass is 10.0. The second-order valence-corrected chi connectivity index (χ2v) is 9.08. The molecule has 0 rings (SSSR count). The van der Waals surface area contributed by atoms with Crippen molar-refractivity contribution in [2.45, 2.75) is 59.9 Å². The summed E-state index contributed by atoms with van der Waals surface area (Å²) in [7, 11) is 1.51. The van der Waals surface area contributed by atoms with E-state index in [1.807, 2.05) is 13.8 Å². The maximum Gasteiger partial charge on any atom is 0.240 e. The largest absolute Gasteiger partial charge is 0.355 e. The van der Waals surface area contributed by atoms with Crippen molar-refractivity contribution in [2.75, 3.05) is 31.6 Å². The standard InChI is InChI=1S/C21H37N3O5S/c1-14(2)17(25)8-7-11-30-13-19(27)22-10-9-20(28)24(6)12-18(26)23-16(5)21(29)15(3)4/h14-16H,7-13H2,1-6H3,(H,22,27)(H,23,26)/t16-/m0/s1. The number of thioether (sulfide) groups is 1. The van der Waals surface area contributed by atoms with Gasteiger partial charge in [0.05, 0.1) is 18.3 Å². The molecule has 0 aromatic heterocycles. The number of likely N-dealkylation sites (N-methyl/N-ethyl adjacent to an activating group) is 1. The van der Waals surface area contributed by atoms with Gasteiger partial charge in [-0.2, -0.15) is 11.8 Å². The van der Waals surface area contributed by atoms with Crippen LogP contribution in [0.2, 0.25) is 0 Å². The molecule has 3 amide bonds. The molecule has 0 aliphatic heterocycles.